The normalized spacial score (nSPS) is 16.4. The molecule has 0 saturated carbocycles. The number of rotatable bonds is 8. The number of benzene rings is 1. The lowest BCUT2D eigenvalue weighted by Gasteiger charge is -2.26. The van der Waals surface area contributed by atoms with Crippen molar-refractivity contribution in [3.8, 4) is 0 Å². The van der Waals surface area contributed by atoms with Crippen molar-refractivity contribution in [2.75, 3.05) is 19.0 Å². The van der Waals surface area contributed by atoms with Crippen LogP contribution in [0, 0.1) is 5.82 Å². The molecule has 2 rings (SSSR count). The summed E-state index contributed by atoms with van der Waals surface area (Å²) in [5.74, 6) is -0.905. The van der Waals surface area contributed by atoms with E-state index in [0.29, 0.717) is 5.75 Å². The molecular formula is C18H21FN2O5S. The minimum atomic E-state index is -0.574. The van der Waals surface area contributed by atoms with E-state index in [0.717, 1.165) is 4.90 Å². The summed E-state index contributed by atoms with van der Waals surface area (Å²) >= 11 is 1.40. The average molecular weight is 396 g/mol. The van der Waals surface area contributed by atoms with Gasteiger partial charge in [-0.15, -0.1) is 11.8 Å². The predicted molar refractivity (Wildman–Crippen MR) is 97.5 cm³/mol. The molecule has 0 aliphatic carbocycles. The Morgan fingerprint density at radius 3 is 2.59 bits per heavy atom. The smallest absolute Gasteiger partial charge is 0.338 e. The average Bonchev–Trinajstić information content (AvgIpc) is 2.61. The van der Waals surface area contributed by atoms with Crippen LogP contribution >= 0.6 is 11.8 Å². The lowest BCUT2D eigenvalue weighted by Crippen LogP contribution is -2.50. The molecule has 0 unspecified atom stereocenters. The van der Waals surface area contributed by atoms with Gasteiger partial charge in [-0.3, -0.25) is 4.79 Å². The van der Waals surface area contributed by atoms with Crippen LogP contribution in [0.2, 0.25) is 0 Å². The Kier molecular flexibility index (Phi) is 7.66. The first-order valence-electron chi connectivity index (χ1n) is 8.42. The van der Waals surface area contributed by atoms with E-state index in [-0.39, 0.29) is 36.7 Å². The van der Waals surface area contributed by atoms with Gasteiger partial charge in [-0.05, 0) is 38.1 Å². The van der Waals surface area contributed by atoms with Crippen LogP contribution in [-0.2, 0) is 19.1 Å². The van der Waals surface area contributed by atoms with Gasteiger partial charge in [0.1, 0.15) is 12.4 Å². The van der Waals surface area contributed by atoms with Gasteiger partial charge in [-0.25, -0.2) is 14.0 Å². The number of urea groups is 1. The van der Waals surface area contributed by atoms with Gasteiger partial charge in [0.2, 0.25) is 0 Å². The van der Waals surface area contributed by atoms with Crippen LogP contribution in [0.4, 0.5) is 9.18 Å². The first-order valence-corrected chi connectivity index (χ1v) is 9.41. The van der Waals surface area contributed by atoms with Crippen molar-refractivity contribution < 1.29 is 28.2 Å². The van der Waals surface area contributed by atoms with Gasteiger partial charge in [0.15, 0.2) is 0 Å². The Hall–Kier alpha value is -2.55. The molecule has 1 atom stereocenters. The zero-order chi connectivity index (χ0) is 19.8. The standard InChI is InChI=1S/C18H21FN2O5S/c1-3-25-17(23)16-11(2)20-18(24)21-14(16)10-26-15(22)8-9-27-13-6-4-12(19)5-7-13/h4-7,11H,3,8-10H2,1-2H3,(H2,20,21,24)/t11-/m0/s1. The number of halogens is 1. The molecule has 0 saturated heterocycles. The zero-order valence-corrected chi connectivity index (χ0v) is 15.9. The molecular weight excluding hydrogens is 375 g/mol. The highest BCUT2D eigenvalue weighted by atomic mass is 32.2. The third kappa shape index (κ3) is 6.28. The van der Waals surface area contributed by atoms with Crippen LogP contribution in [0.5, 0.6) is 0 Å². The van der Waals surface area contributed by atoms with E-state index in [1.807, 2.05) is 0 Å². The van der Waals surface area contributed by atoms with E-state index in [2.05, 4.69) is 10.6 Å². The van der Waals surface area contributed by atoms with Crippen LogP contribution < -0.4 is 10.6 Å². The van der Waals surface area contributed by atoms with Gasteiger partial charge in [0.25, 0.3) is 0 Å². The molecule has 1 aliphatic heterocycles. The minimum absolute atomic E-state index is 0.131. The summed E-state index contributed by atoms with van der Waals surface area (Å²) < 4.78 is 23.0. The molecule has 1 heterocycles. The number of thioether (sulfide) groups is 1. The van der Waals surface area contributed by atoms with Crippen molar-refractivity contribution in [3.63, 3.8) is 0 Å². The van der Waals surface area contributed by atoms with E-state index in [4.69, 9.17) is 9.47 Å². The van der Waals surface area contributed by atoms with Gasteiger partial charge < -0.3 is 20.1 Å². The van der Waals surface area contributed by atoms with E-state index < -0.39 is 24.0 Å². The van der Waals surface area contributed by atoms with Crippen LogP contribution in [0.15, 0.2) is 40.4 Å². The Bertz CT molecular complexity index is 736. The Morgan fingerprint density at radius 1 is 1.22 bits per heavy atom. The van der Waals surface area contributed by atoms with E-state index >= 15 is 0 Å². The summed E-state index contributed by atoms with van der Waals surface area (Å²) in [6.45, 7) is 3.28. The fraction of sp³-hybridized carbons (Fsp3) is 0.389. The maximum absolute atomic E-state index is 12.9. The lowest BCUT2D eigenvalue weighted by atomic mass is 10.0. The number of amides is 2. The summed E-state index contributed by atoms with van der Waals surface area (Å²) in [5.41, 5.74) is 0.439. The maximum atomic E-state index is 12.9. The quantitative estimate of drug-likeness (QED) is 0.518. The largest absolute Gasteiger partial charge is 0.463 e. The van der Waals surface area contributed by atoms with Crippen molar-refractivity contribution in [1.82, 2.24) is 10.6 Å². The number of hydrogen-bond donors (Lipinski definition) is 2. The van der Waals surface area contributed by atoms with Crippen LogP contribution in [0.3, 0.4) is 0 Å². The number of nitrogens with one attached hydrogen (secondary N) is 2. The number of carbonyl (C=O) groups is 3. The molecule has 146 valence electrons. The Balaban J connectivity index is 1.88. The molecule has 2 N–H and O–H groups in total. The van der Waals surface area contributed by atoms with E-state index in [9.17, 15) is 18.8 Å². The summed E-state index contributed by atoms with van der Waals surface area (Å²) in [6.07, 6.45) is 0.131. The highest BCUT2D eigenvalue weighted by Gasteiger charge is 2.30. The van der Waals surface area contributed by atoms with Crippen LogP contribution in [0.25, 0.3) is 0 Å². The highest BCUT2D eigenvalue weighted by Crippen LogP contribution is 2.19. The van der Waals surface area contributed by atoms with Crippen molar-refractivity contribution in [1.29, 1.82) is 0 Å². The van der Waals surface area contributed by atoms with Crippen molar-refractivity contribution in [2.24, 2.45) is 0 Å². The number of hydrogen-bond acceptors (Lipinski definition) is 6. The van der Waals surface area contributed by atoms with Crippen LogP contribution in [0.1, 0.15) is 20.3 Å². The van der Waals surface area contributed by atoms with Crippen molar-refractivity contribution in [3.05, 3.63) is 41.4 Å². The number of carbonyl (C=O) groups excluding carboxylic acids is 3. The molecule has 1 aromatic rings. The Morgan fingerprint density at radius 2 is 1.93 bits per heavy atom. The van der Waals surface area contributed by atoms with Gasteiger partial charge in [0.05, 0.1) is 30.3 Å². The van der Waals surface area contributed by atoms with Crippen LogP contribution in [-0.4, -0.2) is 43.0 Å². The summed E-state index contributed by atoms with van der Waals surface area (Å²) in [5, 5.41) is 5.05. The second kappa shape index (κ2) is 9.96. The lowest BCUT2D eigenvalue weighted by molar-refractivity contribution is -0.143. The molecule has 27 heavy (non-hydrogen) atoms. The summed E-state index contributed by atoms with van der Waals surface area (Å²) in [4.78, 5) is 36.5. The van der Waals surface area contributed by atoms with E-state index in [1.165, 1.54) is 23.9 Å². The fourth-order valence-corrected chi connectivity index (χ4v) is 3.23. The van der Waals surface area contributed by atoms with Crippen molar-refractivity contribution >= 4 is 29.7 Å². The third-order valence-electron chi connectivity index (χ3n) is 3.63. The molecule has 0 fully saturated rings. The first kappa shape index (κ1) is 20.8. The second-order valence-corrected chi connectivity index (χ2v) is 6.81. The third-order valence-corrected chi connectivity index (χ3v) is 4.65. The monoisotopic (exact) mass is 396 g/mol. The van der Waals surface area contributed by atoms with Crippen molar-refractivity contribution in [2.45, 2.75) is 31.2 Å². The molecule has 9 heteroatoms. The van der Waals surface area contributed by atoms with Gasteiger partial charge in [-0.2, -0.15) is 0 Å². The molecule has 1 aromatic carbocycles. The summed E-state index contributed by atoms with van der Waals surface area (Å²) in [7, 11) is 0. The molecule has 0 aromatic heterocycles. The molecule has 0 spiro atoms. The molecule has 0 bridgehead atoms. The number of esters is 2. The zero-order valence-electron chi connectivity index (χ0n) is 15.0. The SMILES string of the molecule is CCOC(=O)C1=C(COC(=O)CCSc2ccc(F)cc2)NC(=O)N[C@H]1C. The van der Waals surface area contributed by atoms with Gasteiger partial charge in [-0.1, -0.05) is 0 Å². The highest BCUT2D eigenvalue weighted by molar-refractivity contribution is 7.99. The molecule has 0 radical (unpaired) electrons. The van der Waals surface area contributed by atoms with Gasteiger partial charge in [0, 0.05) is 10.6 Å². The number of ether oxygens (including phenoxy) is 2. The molecule has 7 nitrogen and oxygen atoms in total. The second-order valence-electron chi connectivity index (χ2n) is 5.65. The van der Waals surface area contributed by atoms with E-state index in [1.54, 1.807) is 26.0 Å². The maximum Gasteiger partial charge on any atom is 0.338 e. The summed E-state index contributed by atoms with van der Waals surface area (Å²) in [6, 6.07) is 4.94. The topological polar surface area (TPSA) is 93.7 Å². The minimum Gasteiger partial charge on any atom is -0.463 e. The fourth-order valence-electron chi connectivity index (χ4n) is 2.40. The predicted octanol–water partition coefficient (Wildman–Crippen LogP) is 2.37. The molecule has 2 amide bonds. The molecule has 1 aliphatic rings. The Labute approximate surface area is 160 Å². The first-order chi connectivity index (χ1) is 12.9. The van der Waals surface area contributed by atoms with Gasteiger partial charge >= 0.3 is 18.0 Å².